The topological polar surface area (TPSA) is 20.3 Å². The fourth-order valence-electron chi connectivity index (χ4n) is 2.49. The molecule has 1 amide bonds. The van der Waals surface area contributed by atoms with Crippen LogP contribution in [-0.2, 0) is 0 Å². The molecule has 110 valence electrons. The summed E-state index contributed by atoms with van der Waals surface area (Å²) >= 11 is 5.96. The van der Waals surface area contributed by atoms with Crippen LogP contribution in [0.4, 0.5) is 0 Å². The van der Waals surface area contributed by atoms with Crippen molar-refractivity contribution in [2.75, 3.05) is 6.54 Å². The molecular formula is C19H16ClNO. The van der Waals surface area contributed by atoms with Gasteiger partial charge in [-0.05, 0) is 42.3 Å². The van der Waals surface area contributed by atoms with E-state index in [1.807, 2.05) is 71.6 Å². The Balaban J connectivity index is 1.97. The predicted molar refractivity (Wildman–Crippen MR) is 90.7 cm³/mol. The van der Waals surface area contributed by atoms with E-state index in [0.717, 1.165) is 17.7 Å². The molecule has 0 bridgehead atoms. The highest BCUT2D eigenvalue weighted by molar-refractivity contribution is 6.30. The SMILES string of the molecule is O=C(c1ccccc1)N1CCC=CC=C1c1ccc(Cl)cc1. The molecule has 0 fully saturated rings. The highest BCUT2D eigenvalue weighted by Gasteiger charge is 2.20. The number of hydrogen-bond acceptors (Lipinski definition) is 1. The molecule has 1 aliphatic rings. The van der Waals surface area contributed by atoms with Crippen molar-refractivity contribution in [3.05, 3.63) is 89.0 Å². The normalized spacial score (nSPS) is 14.4. The lowest BCUT2D eigenvalue weighted by molar-refractivity contribution is 0.0837. The summed E-state index contributed by atoms with van der Waals surface area (Å²) in [6.45, 7) is 0.665. The largest absolute Gasteiger partial charge is 0.307 e. The molecule has 2 nitrogen and oxygen atoms in total. The zero-order valence-electron chi connectivity index (χ0n) is 12.1. The maximum absolute atomic E-state index is 12.8. The van der Waals surface area contributed by atoms with Crippen molar-refractivity contribution in [1.82, 2.24) is 4.90 Å². The summed E-state index contributed by atoms with van der Waals surface area (Å²) in [5.41, 5.74) is 2.59. The second-order valence-corrected chi connectivity index (χ2v) is 5.53. The Bertz CT molecular complexity index is 717. The summed E-state index contributed by atoms with van der Waals surface area (Å²) < 4.78 is 0. The molecular weight excluding hydrogens is 294 g/mol. The summed E-state index contributed by atoms with van der Waals surface area (Å²) in [6.07, 6.45) is 6.90. The van der Waals surface area contributed by atoms with Crippen LogP contribution in [0.3, 0.4) is 0 Å². The van der Waals surface area contributed by atoms with E-state index in [1.165, 1.54) is 0 Å². The molecule has 0 aromatic heterocycles. The van der Waals surface area contributed by atoms with E-state index < -0.39 is 0 Å². The Labute approximate surface area is 135 Å². The molecule has 0 saturated heterocycles. The molecule has 0 saturated carbocycles. The number of rotatable bonds is 2. The van der Waals surface area contributed by atoms with E-state index in [1.54, 1.807) is 0 Å². The van der Waals surface area contributed by atoms with E-state index in [9.17, 15) is 4.79 Å². The van der Waals surface area contributed by atoms with Crippen molar-refractivity contribution in [2.45, 2.75) is 6.42 Å². The predicted octanol–water partition coefficient (Wildman–Crippen LogP) is 4.78. The van der Waals surface area contributed by atoms with Crippen LogP contribution in [0, 0.1) is 0 Å². The molecule has 0 spiro atoms. The second kappa shape index (κ2) is 6.63. The smallest absolute Gasteiger partial charge is 0.258 e. The van der Waals surface area contributed by atoms with Gasteiger partial charge in [0.25, 0.3) is 5.91 Å². The first-order valence-electron chi connectivity index (χ1n) is 7.25. The Morgan fingerprint density at radius 2 is 1.73 bits per heavy atom. The van der Waals surface area contributed by atoms with E-state index in [0.29, 0.717) is 17.1 Å². The third-order valence-electron chi connectivity index (χ3n) is 3.61. The maximum Gasteiger partial charge on any atom is 0.258 e. The summed E-state index contributed by atoms with van der Waals surface area (Å²) in [5.74, 6) is 0.0190. The Morgan fingerprint density at radius 3 is 2.45 bits per heavy atom. The van der Waals surface area contributed by atoms with Gasteiger partial charge < -0.3 is 4.90 Å². The van der Waals surface area contributed by atoms with Gasteiger partial charge in [0.2, 0.25) is 0 Å². The van der Waals surface area contributed by atoms with E-state index in [4.69, 9.17) is 11.6 Å². The van der Waals surface area contributed by atoms with Crippen molar-refractivity contribution in [2.24, 2.45) is 0 Å². The fourth-order valence-corrected chi connectivity index (χ4v) is 2.62. The van der Waals surface area contributed by atoms with Crippen LogP contribution in [0.2, 0.25) is 5.02 Å². The van der Waals surface area contributed by atoms with E-state index >= 15 is 0 Å². The highest BCUT2D eigenvalue weighted by atomic mass is 35.5. The monoisotopic (exact) mass is 309 g/mol. The zero-order valence-corrected chi connectivity index (χ0v) is 12.8. The first kappa shape index (κ1) is 14.6. The lowest BCUT2D eigenvalue weighted by Crippen LogP contribution is -2.30. The van der Waals surface area contributed by atoms with Crippen LogP contribution >= 0.6 is 11.6 Å². The number of carbonyl (C=O) groups excluding carboxylic acids is 1. The second-order valence-electron chi connectivity index (χ2n) is 5.10. The number of amides is 1. The maximum atomic E-state index is 12.8. The van der Waals surface area contributed by atoms with Crippen molar-refractivity contribution in [1.29, 1.82) is 0 Å². The Morgan fingerprint density at radius 1 is 1.00 bits per heavy atom. The molecule has 2 aromatic rings. The van der Waals surface area contributed by atoms with Crippen LogP contribution in [0.1, 0.15) is 22.3 Å². The summed E-state index contributed by atoms with van der Waals surface area (Å²) in [5, 5.41) is 0.689. The lowest BCUT2D eigenvalue weighted by atomic mass is 10.1. The molecule has 1 aliphatic heterocycles. The van der Waals surface area contributed by atoms with Crippen LogP contribution in [0.5, 0.6) is 0 Å². The molecule has 0 N–H and O–H groups in total. The van der Waals surface area contributed by atoms with Crippen LogP contribution in [0.15, 0.2) is 72.8 Å². The molecule has 0 aliphatic carbocycles. The van der Waals surface area contributed by atoms with Gasteiger partial charge in [0.15, 0.2) is 0 Å². The number of carbonyl (C=O) groups is 1. The average molecular weight is 310 g/mol. The zero-order chi connectivity index (χ0) is 15.4. The standard InChI is InChI=1S/C19H16ClNO/c20-17-12-10-15(11-13-17)18-9-5-2-6-14-21(18)19(22)16-7-3-1-4-8-16/h1-5,7-13H,6,14H2. The molecule has 3 rings (SSSR count). The minimum atomic E-state index is 0.0190. The van der Waals surface area contributed by atoms with Gasteiger partial charge in [-0.1, -0.05) is 54.1 Å². The fraction of sp³-hybridized carbons (Fsp3) is 0.105. The van der Waals surface area contributed by atoms with Crippen molar-refractivity contribution >= 4 is 23.2 Å². The van der Waals surface area contributed by atoms with Crippen molar-refractivity contribution < 1.29 is 4.79 Å². The molecule has 1 heterocycles. The van der Waals surface area contributed by atoms with Crippen molar-refractivity contribution in [3.8, 4) is 0 Å². The highest BCUT2D eigenvalue weighted by Crippen LogP contribution is 2.25. The third-order valence-corrected chi connectivity index (χ3v) is 3.86. The molecule has 2 aromatic carbocycles. The number of halogens is 1. The van der Waals surface area contributed by atoms with E-state index in [2.05, 4.69) is 6.08 Å². The summed E-state index contributed by atoms with van der Waals surface area (Å²) in [4.78, 5) is 14.7. The summed E-state index contributed by atoms with van der Waals surface area (Å²) in [7, 11) is 0. The van der Waals surface area contributed by atoms with Gasteiger partial charge in [-0.15, -0.1) is 0 Å². The first-order chi connectivity index (χ1) is 10.8. The van der Waals surface area contributed by atoms with Crippen LogP contribution < -0.4 is 0 Å². The molecule has 0 unspecified atom stereocenters. The number of benzene rings is 2. The van der Waals surface area contributed by atoms with E-state index in [-0.39, 0.29) is 5.91 Å². The van der Waals surface area contributed by atoms with Gasteiger partial charge >= 0.3 is 0 Å². The number of hydrogen-bond donors (Lipinski definition) is 0. The summed E-state index contributed by atoms with van der Waals surface area (Å²) in [6, 6.07) is 17.0. The van der Waals surface area contributed by atoms with Gasteiger partial charge in [-0.2, -0.15) is 0 Å². The molecule has 0 atom stereocenters. The van der Waals surface area contributed by atoms with Crippen molar-refractivity contribution in [3.63, 3.8) is 0 Å². The first-order valence-corrected chi connectivity index (χ1v) is 7.63. The minimum absolute atomic E-state index is 0.0190. The van der Waals surface area contributed by atoms with Crippen LogP contribution in [-0.4, -0.2) is 17.4 Å². The van der Waals surface area contributed by atoms with Crippen LogP contribution in [0.25, 0.3) is 5.70 Å². The lowest BCUT2D eigenvalue weighted by Gasteiger charge is -2.24. The quantitative estimate of drug-likeness (QED) is 0.781. The number of nitrogens with zero attached hydrogens (tertiary/aromatic N) is 1. The average Bonchev–Trinajstić information content (AvgIpc) is 2.81. The minimum Gasteiger partial charge on any atom is -0.307 e. The Kier molecular flexibility index (Phi) is 4.40. The third kappa shape index (κ3) is 3.12. The van der Waals surface area contributed by atoms with Gasteiger partial charge in [0.05, 0.1) is 5.70 Å². The number of allylic oxidation sites excluding steroid dienone is 2. The molecule has 22 heavy (non-hydrogen) atoms. The van der Waals surface area contributed by atoms with Gasteiger partial charge in [0.1, 0.15) is 0 Å². The molecule has 0 radical (unpaired) electrons. The van der Waals surface area contributed by atoms with Gasteiger partial charge in [-0.25, -0.2) is 0 Å². The van der Waals surface area contributed by atoms with Gasteiger partial charge in [0, 0.05) is 17.1 Å². The van der Waals surface area contributed by atoms with Gasteiger partial charge in [-0.3, -0.25) is 4.79 Å². The molecule has 3 heteroatoms. The Hall–Kier alpha value is -2.32.